The number of nitrogens with zero attached hydrogens (tertiary/aromatic N) is 1. The molecule has 0 aromatic carbocycles. The Morgan fingerprint density at radius 3 is 2.67 bits per heavy atom. The van der Waals surface area contributed by atoms with Crippen LogP contribution in [0.2, 0.25) is 0 Å². The Hall–Kier alpha value is -1.29. The van der Waals surface area contributed by atoms with Gasteiger partial charge in [0.1, 0.15) is 0 Å². The van der Waals surface area contributed by atoms with Crippen molar-refractivity contribution < 1.29 is 9.21 Å². The molecular formula is C14H22N2O2. The molecule has 1 fully saturated rings. The number of likely N-dealkylation sites (N-methyl/N-ethyl adjacent to an activating group) is 1. The van der Waals surface area contributed by atoms with Crippen molar-refractivity contribution in [2.24, 2.45) is 0 Å². The van der Waals surface area contributed by atoms with Gasteiger partial charge in [0, 0.05) is 12.1 Å². The summed E-state index contributed by atoms with van der Waals surface area (Å²) in [5.74, 6) is 0.270. The van der Waals surface area contributed by atoms with E-state index >= 15 is 0 Å². The maximum absolute atomic E-state index is 11.9. The second-order valence-corrected chi connectivity index (χ2v) is 5.34. The fraction of sp³-hybridized carbons (Fsp3) is 0.643. The van der Waals surface area contributed by atoms with Gasteiger partial charge in [0.15, 0.2) is 5.76 Å². The minimum Gasteiger partial charge on any atom is -0.459 e. The molecule has 0 unspecified atom stereocenters. The van der Waals surface area contributed by atoms with Crippen molar-refractivity contribution in [3.63, 3.8) is 0 Å². The molecule has 1 aliphatic rings. The smallest absolute Gasteiger partial charge is 0.287 e. The van der Waals surface area contributed by atoms with Crippen LogP contribution in [-0.2, 0) is 0 Å². The molecule has 0 bridgehead atoms. The first-order chi connectivity index (χ1) is 8.64. The standard InChI is InChI=1S/C14H22N2O2/c1-16(2)14(8-4-3-5-9-14)11-15-13(17)12-7-6-10-18-12/h6-7,10H,3-5,8-9,11H2,1-2H3,(H,15,17). The molecule has 0 spiro atoms. The first-order valence-corrected chi connectivity index (χ1v) is 6.63. The maximum atomic E-state index is 11.9. The number of carbonyl (C=O) groups excluding carboxylic acids is 1. The van der Waals surface area contributed by atoms with Crippen LogP contribution in [0.15, 0.2) is 22.8 Å². The number of rotatable bonds is 4. The lowest BCUT2D eigenvalue weighted by Crippen LogP contribution is -2.53. The summed E-state index contributed by atoms with van der Waals surface area (Å²) >= 11 is 0. The Labute approximate surface area is 108 Å². The molecule has 0 aliphatic heterocycles. The number of amides is 1. The van der Waals surface area contributed by atoms with Gasteiger partial charge in [-0.25, -0.2) is 0 Å². The molecule has 1 heterocycles. The van der Waals surface area contributed by atoms with E-state index in [4.69, 9.17) is 4.42 Å². The van der Waals surface area contributed by atoms with Gasteiger partial charge in [-0.2, -0.15) is 0 Å². The quantitative estimate of drug-likeness (QED) is 0.891. The van der Waals surface area contributed by atoms with Crippen molar-refractivity contribution >= 4 is 5.91 Å². The van der Waals surface area contributed by atoms with Crippen molar-refractivity contribution in [1.29, 1.82) is 0 Å². The summed E-state index contributed by atoms with van der Waals surface area (Å²) in [7, 11) is 4.20. The van der Waals surface area contributed by atoms with Gasteiger partial charge in [-0.15, -0.1) is 0 Å². The summed E-state index contributed by atoms with van der Waals surface area (Å²) in [5, 5.41) is 3.00. The second-order valence-electron chi connectivity index (χ2n) is 5.34. The van der Waals surface area contributed by atoms with Crippen molar-refractivity contribution in [2.45, 2.75) is 37.6 Å². The van der Waals surface area contributed by atoms with E-state index in [-0.39, 0.29) is 11.4 Å². The highest BCUT2D eigenvalue weighted by Crippen LogP contribution is 2.31. The van der Waals surface area contributed by atoms with E-state index in [1.54, 1.807) is 12.1 Å². The lowest BCUT2D eigenvalue weighted by molar-refractivity contribution is 0.0780. The predicted molar refractivity (Wildman–Crippen MR) is 70.5 cm³/mol. The maximum Gasteiger partial charge on any atom is 0.287 e. The SMILES string of the molecule is CN(C)C1(CNC(=O)c2ccco2)CCCCC1. The molecule has 1 aromatic heterocycles. The summed E-state index contributed by atoms with van der Waals surface area (Å²) in [5.41, 5.74) is 0.112. The third-order valence-corrected chi connectivity index (χ3v) is 4.06. The molecule has 0 saturated heterocycles. The van der Waals surface area contributed by atoms with Crippen LogP contribution in [0.1, 0.15) is 42.7 Å². The van der Waals surface area contributed by atoms with E-state index in [2.05, 4.69) is 24.3 Å². The highest BCUT2D eigenvalue weighted by atomic mass is 16.3. The molecular weight excluding hydrogens is 228 g/mol. The zero-order valence-electron chi connectivity index (χ0n) is 11.2. The van der Waals surface area contributed by atoms with E-state index in [0.29, 0.717) is 12.3 Å². The van der Waals surface area contributed by atoms with Gasteiger partial charge in [-0.3, -0.25) is 4.79 Å². The summed E-state index contributed by atoms with van der Waals surface area (Å²) in [6.07, 6.45) is 7.62. The van der Waals surface area contributed by atoms with E-state index < -0.39 is 0 Å². The summed E-state index contributed by atoms with van der Waals surface area (Å²) in [6, 6.07) is 3.43. The molecule has 18 heavy (non-hydrogen) atoms. The van der Waals surface area contributed by atoms with Crippen LogP contribution >= 0.6 is 0 Å². The van der Waals surface area contributed by atoms with Crippen LogP contribution in [0.3, 0.4) is 0 Å². The predicted octanol–water partition coefficient (Wildman–Crippen LogP) is 2.27. The summed E-state index contributed by atoms with van der Waals surface area (Å²) < 4.78 is 5.10. The molecule has 0 radical (unpaired) electrons. The molecule has 0 atom stereocenters. The largest absolute Gasteiger partial charge is 0.459 e. The molecule has 1 amide bonds. The Balaban J connectivity index is 1.96. The van der Waals surface area contributed by atoms with Crippen LogP contribution in [0.25, 0.3) is 0 Å². The van der Waals surface area contributed by atoms with Crippen molar-refractivity contribution in [1.82, 2.24) is 10.2 Å². The normalized spacial score (nSPS) is 18.8. The minimum absolute atomic E-state index is 0.112. The monoisotopic (exact) mass is 250 g/mol. The Morgan fingerprint density at radius 1 is 1.39 bits per heavy atom. The number of hydrogen-bond acceptors (Lipinski definition) is 3. The van der Waals surface area contributed by atoms with Gasteiger partial charge >= 0.3 is 0 Å². The van der Waals surface area contributed by atoms with Crippen LogP contribution in [0.5, 0.6) is 0 Å². The van der Waals surface area contributed by atoms with Gasteiger partial charge in [0.25, 0.3) is 5.91 Å². The first kappa shape index (κ1) is 13.1. The van der Waals surface area contributed by atoms with Gasteiger partial charge in [0.2, 0.25) is 0 Å². The van der Waals surface area contributed by atoms with Crippen LogP contribution in [-0.4, -0.2) is 37.0 Å². The average Bonchev–Trinajstić information content (AvgIpc) is 2.91. The fourth-order valence-corrected chi connectivity index (χ4v) is 2.73. The second kappa shape index (κ2) is 5.57. The van der Waals surface area contributed by atoms with Crippen LogP contribution < -0.4 is 5.32 Å². The summed E-state index contributed by atoms with van der Waals surface area (Å²) in [4.78, 5) is 14.1. The molecule has 2 rings (SSSR count). The Bertz CT molecular complexity index is 379. The Kier molecular flexibility index (Phi) is 4.07. The number of hydrogen-bond donors (Lipinski definition) is 1. The average molecular weight is 250 g/mol. The molecule has 100 valence electrons. The highest BCUT2D eigenvalue weighted by molar-refractivity contribution is 5.91. The summed E-state index contributed by atoms with van der Waals surface area (Å²) in [6.45, 7) is 0.694. The zero-order valence-corrected chi connectivity index (χ0v) is 11.2. The number of nitrogens with one attached hydrogen (secondary N) is 1. The zero-order chi connectivity index (χ0) is 13.0. The lowest BCUT2D eigenvalue weighted by atomic mass is 9.80. The van der Waals surface area contributed by atoms with Gasteiger partial charge in [-0.1, -0.05) is 19.3 Å². The van der Waals surface area contributed by atoms with Crippen molar-refractivity contribution in [3.05, 3.63) is 24.2 Å². The molecule has 1 saturated carbocycles. The third-order valence-electron chi connectivity index (χ3n) is 4.06. The van der Waals surface area contributed by atoms with Crippen LogP contribution in [0, 0.1) is 0 Å². The highest BCUT2D eigenvalue weighted by Gasteiger charge is 2.34. The van der Waals surface area contributed by atoms with E-state index in [9.17, 15) is 4.79 Å². The van der Waals surface area contributed by atoms with Crippen molar-refractivity contribution in [3.8, 4) is 0 Å². The minimum atomic E-state index is -0.119. The fourth-order valence-electron chi connectivity index (χ4n) is 2.73. The van der Waals surface area contributed by atoms with Crippen LogP contribution in [0.4, 0.5) is 0 Å². The third kappa shape index (κ3) is 2.75. The molecule has 1 N–H and O–H groups in total. The number of carbonyl (C=O) groups is 1. The van der Waals surface area contributed by atoms with Gasteiger partial charge in [-0.05, 0) is 39.1 Å². The number of furan rings is 1. The molecule has 1 aliphatic carbocycles. The van der Waals surface area contributed by atoms with E-state index in [0.717, 1.165) is 12.8 Å². The lowest BCUT2D eigenvalue weighted by Gasteiger charge is -2.43. The Morgan fingerprint density at radius 2 is 2.11 bits per heavy atom. The van der Waals surface area contributed by atoms with E-state index in [1.165, 1.54) is 25.5 Å². The van der Waals surface area contributed by atoms with E-state index in [1.807, 2.05) is 0 Å². The van der Waals surface area contributed by atoms with Gasteiger partial charge < -0.3 is 14.6 Å². The first-order valence-electron chi connectivity index (χ1n) is 6.63. The molecule has 1 aromatic rings. The topological polar surface area (TPSA) is 45.5 Å². The molecule has 4 heteroatoms. The van der Waals surface area contributed by atoms with Crippen molar-refractivity contribution in [2.75, 3.05) is 20.6 Å². The van der Waals surface area contributed by atoms with Gasteiger partial charge in [0.05, 0.1) is 6.26 Å². The molecule has 4 nitrogen and oxygen atoms in total.